The molecule has 19 heavy (non-hydrogen) atoms. The summed E-state index contributed by atoms with van der Waals surface area (Å²) in [6.45, 7) is 0. The zero-order valence-electron chi connectivity index (χ0n) is 9.80. The number of aliphatic carboxylic acids is 1. The van der Waals surface area contributed by atoms with Gasteiger partial charge in [0.25, 0.3) is 0 Å². The Balaban J connectivity index is 2.57. The first-order valence-electron chi connectivity index (χ1n) is 5.26. The van der Waals surface area contributed by atoms with E-state index in [0.29, 0.717) is 17.7 Å². The highest BCUT2D eigenvalue weighted by atomic mass is 32.2. The number of halogens is 1. The second-order valence-corrected chi connectivity index (χ2v) is 4.68. The number of benzene rings is 1. The third-order valence-corrected chi connectivity index (χ3v) is 3.31. The molecule has 100 valence electrons. The van der Waals surface area contributed by atoms with Crippen LogP contribution in [0.1, 0.15) is 11.1 Å². The molecule has 0 saturated heterocycles. The van der Waals surface area contributed by atoms with E-state index >= 15 is 0 Å². The molecule has 0 aromatic heterocycles. The first-order valence-corrected chi connectivity index (χ1v) is 6.42. The third-order valence-electron chi connectivity index (χ3n) is 2.21. The Morgan fingerprint density at radius 1 is 1.58 bits per heavy atom. The van der Waals surface area contributed by atoms with Gasteiger partial charge in [-0.3, -0.25) is 4.79 Å². The van der Waals surface area contributed by atoms with Crippen LogP contribution >= 0.6 is 11.8 Å². The van der Waals surface area contributed by atoms with Crippen LogP contribution in [-0.2, 0) is 15.3 Å². The minimum absolute atomic E-state index is 0.159. The zero-order valence-corrected chi connectivity index (χ0v) is 10.6. The lowest BCUT2D eigenvalue weighted by molar-refractivity contribution is -0.139. The van der Waals surface area contributed by atoms with Crippen LogP contribution in [0.5, 0.6) is 0 Å². The molecule has 1 amide bonds. The van der Waals surface area contributed by atoms with Gasteiger partial charge in [0, 0.05) is 11.5 Å². The van der Waals surface area contributed by atoms with Gasteiger partial charge in [0.15, 0.2) is 0 Å². The molecule has 0 bridgehead atoms. The van der Waals surface area contributed by atoms with Crippen molar-refractivity contribution in [3.8, 4) is 6.07 Å². The minimum Gasteiger partial charge on any atom is -0.480 e. The Morgan fingerprint density at radius 2 is 2.32 bits per heavy atom. The van der Waals surface area contributed by atoms with E-state index in [1.165, 1.54) is 17.8 Å². The van der Waals surface area contributed by atoms with Crippen LogP contribution < -0.4 is 5.32 Å². The van der Waals surface area contributed by atoms with Crippen LogP contribution in [0.3, 0.4) is 0 Å². The number of nitriles is 1. The second kappa shape index (κ2) is 7.38. The topological polar surface area (TPSA) is 90.2 Å². The highest BCUT2D eigenvalue weighted by molar-refractivity contribution is 7.98. The Kier molecular flexibility index (Phi) is 5.82. The van der Waals surface area contributed by atoms with Crippen molar-refractivity contribution in [2.24, 2.45) is 0 Å². The Bertz CT molecular complexity index is 516. The number of nitrogens with one attached hydrogen (secondary N) is 1. The van der Waals surface area contributed by atoms with Gasteiger partial charge in [-0.05, 0) is 23.8 Å². The quantitative estimate of drug-likeness (QED) is 0.732. The molecule has 1 rings (SSSR count). The third kappa shape index (κ3) is 4.97. The number of hydrogen-bond donors (Lipinski definition) is 2. The molecule has 0 saturated carbocycles. The minimum atomic E-state index is -1.13. The fraction of sp³-hybridized carbons (Fsp3) is 0.250. The van der Waals surface area contributed by atoms with Crippen molar-refractivity contribution in [3.05, 3.63) is 35.1 Å². The van der Waals surface area contributed by atoms with Crippen LogP contribution in [-0.4, -0.2) is 29.3 Å². The summed E-state index contributed by atoms with van der Waals surface area (Å²) in [5, 5.41) is 19.7. The second-order valence-electron chi connectivity index (χ2n) is 3.65. The standard InChI is InChI=1S/C12H11FN2O3S/c13-10-2-8(4-14)1-9(3-10)5-19-6-11(12(17)18)15-7-16/h1-3,7,11H,5-6H2,(H,15,16)(H,17,18). The molecule has 2 N–H and O–H groups in total. The lowest BCUT2D eigenvalue weighted by Crippen LogP contribution is -2.37. The molecule has 0 aliphatic carbocycles. The number of carboxylic acid groups (broad SMARTS) is 1. The molecule has 5 nitrogen and oxygen atoms in total. The molecule has 1 atom stereocenters. The van der Waals surface area contributed by atoms with Crippen molar-refractivity contribution in [1.29, 1.82) is 5.26 Å². The lowest BCUT2D eigenvalue weighted by Gasteiger charge is -2.10. The number of carboxylic acids is 1. The molecular weight excluding hydrogens is 271 g/mol. The molecule has 0 aliphatic rings. The Labute approximate surface area is 113 Å². The number of rotatable bonds is 7. The molecular formula is C12H11FN2O3S. The van der Waals surface area contributed by atoms with E-state index in [2.05, 4.69) is 5.32 Å². The molecule has 7 heteroatoms. The predicted octanol–water partition coefficient (Wildman–Crippen LogP) is 1.13. The van der Waals surface area contributed by atoms with Crippen molar-refractivity contribution in [1.82, 2.24) is 5.32 Å². The first kappa shape index (κ1) is 15.0. The summed E-state index contributed by atoms with van der Waals surface area (Å²) in [4.78, 5) is 21.0. The monoisotopic (exact) mass is 282 g/mol. The summed E-state index contributed by atoms with van der Waals surface area (Å²) in [5.41, 5.74) is 0.813. The molecule has 0 fully saturated rings. The average molecular weight is 282 g/mol. The van der Waals surface area contributed by atoms with Crippen molar-refractivity contribution < 1.29 is 19.1 Å². The maximum atomic E-state index is 13.1. The summed E-state index contributed by atoms with van der Waals surface area (Å²) in [6.07, 6.45) is 0.329. The van der Waals surface area contributed by atoms with Crippen LogP contribution in [0, 0.1) is 17.1 Å². The van der Waals surface area contributed by atoms with E-state index in [0.717, 1.165) is 6.07 Å². The molecule has 0 heterocycles. The summed E-state index contributed by atoms with van der Waals surface area (Å²) < 4.78 is 13.1. The van der Waals surface area contributed by atoms with E-state index in [9.17, 15) is 14.0 Å². The summed E-state index contributed by atoms with van der Waals surface area (Å²) >= 11 is 1.23. The van der Waals surface area contributed by atoms with Gasteiger partial charge < -0.3 is 10.4 Å². The normalized spacial score (nSPS) is 11.4. The summed E-state index contributed by atoms with van der Waals surface area (Å²) in [5.74, 6) is -1.12. The molecule has 1 aromatic carbocycles. The maximum absolute atomic E-state index is 13.1. The fourth-order valence-corrected chi connectivity index (χ4v) is 2.36. The smallest absolute Gasteiger partial charge is 0.327 e. The van der Waals surface area contributed by atoms with Gasteiger partial charge >= 0.3 is 5.97 Å². The van der Waals surface area contributed by atoms with Gasteiger partial charge in [0.05, 0.1) is 11.6 Å². The molecule has 0 aliphatic heterocycles. The molecule has 0 spiro atoms. The van der Waals surface area contributed by atoms with Crippen LogP contribution in [0.25, 0.3) is 0 Å². The Morgan fingerprint density at radius 3 is 2.89 bits per heavy atom. The lowest BCUT2D eigenvalue weighted by atomic mass is 10.1. The van der Waals surface area contributed by atoms with Crippen LogP contribution in [0.2, 0.25) is 0 Å². The van der Waals surface area contributed by atoms with E-state index < -0.39 is 17.8 Å². The molecule has 1 unspecified atom stereocenters. The number of nitrogens with zero attached hydrogens (tertiary/aromatic N) is 1. The van der Waals surface area contributed by atoms with Crippen molar-refractivity contribution >= 4 is 24.1 Å². The van der Waals surface area contributed by atoms with Gasteiger partial charge in [-0.1, -0.05) is 0 Å². The van der Waals surface area contributed by atoms with E-state index in [-0.39, 0.29) is 11.3 Å². The van der Waals surface area contributed by atoms with Gasteiger partial charge in [-0.25, -0.2) is 9.18 Å². The number of carbonyl (C=O) groups excluding carboxylic acids is 1. The average Bonchev–Trinajstić information content (AvgIpc) is 2.36. The summed E-state index contributed by atoms with van der Waals surface area (Å²) in [7, 11) is 0. The number of amides is 1. The van der Waals surface area contributed by atoms with Gasteiger partial charge in [0.2, 0.25) is 6.41 Å². The summed E-state index contributed by atoms with van der Waals surface area (Å²) in [6, 6.07) is 4.82. The van der Waals surface area contributed by atoms with Crippen LogP contribution in [0.15, 0.2) is 18.2 Å². The van der Waals surface area contributed by atoms with Crippen molar-refractivity contribution in [2.75, 3.05) is 5.75 Å². The van der Waals surface area contributed by atoms with E-state index in [1.807, 2.05) is 6.07 Å². The maximum Gasteiger partial charge on any atom is 0.327 e. The van der Waals surface area contributed by atoms with Crippen LogP contribution in [0.4, 0.5) is 4.39 Å². The van der Waals surface area contributed by atoms with Gasteiger partial charge in [0.1, 0.15) is 11.9 Å². The van der Waals surface area contributed by atoms with E-state index in [1.54, 1.807) is 6.07 Å². The van der Waals surface area contributed by atoms with Crippen molar-refractivity contribution in [3.63, 3.8) is 0 Å². The van der Waals surface area contributed by atoms with Gasteiger partial charge in [-0.15, -0.1) is 0 Å². The predicted molar refractivity (Wildman–Crippen MR) is 67.9 cm³/mol. The largest absolute Gasteiger partial charge is 0.480 e. The van der Waals surface area contributed by atoms with Crippen molar-refractivity contribution in [2.45, 2.75) is 11.8 Å². The molecule has 0 radical (unpaired) electrons. The zero-order chi connectivity index (χ0) is 14.3. The SMILES string of the molecule is N#Cc1cc(F)cc(CSCC(NC=O)C(=O)O)c1. The fourth-order valence-electron chi connectivity index (χ4n) is 1.37. The first-order chi connectivity index (χ1) is 9.06. The Hall–Kier alpha value is -2.07. The number of carbonyl (C=O) groups is 2. The number of thioether (sulfide) groups is 1. The number of hydrogen-bond acceptors (Lipinski definition) is 4. The van der Waals surface area contributed by atoms with E-state index in [4.69, 9.17) is 10.4 Å². The van der Waals surface area contributed by atoms with Gasteiger partial charge in [-0.2, -0.15) is 17.0 Å². The highest BCUT2D eigenvalue weighted by Crippen LogP contribution is 2.16. The molecule has 1 aromatic rings. The highest BCUT2D eigenvalue weighted by Gasteiger charge is 2.15.